The molecule has 10 nitrogen and oxygen atoms in total. The lowest BCUT2D eigenvalue weighted by Crippen LogP contribution is -2.57. The molecule has 1 aromatic heterocycles. The van der Waals surface area contributed by atoms with Crippen LogP contribution in [-0.2, 0) is 20.9 Å². The largest absolute Gasteiger partial charge is 0.344 e. The fourth-order valence-corrected chi connectivity index (χ4v) is 6.80. The summed E-state index contributed by atoms with van der Waals surface area (Å²) in [4.78, 5) is 57.2. The molecule has 2 aliphatic rings. The number of aromatic nitrogens is 2. The maximum absolute atomic E-state index is 15.6. The number of anilines is 1. The molecule has 0 radical (unpaired) electrons. The molecule has 2 fully saturated rings. The Morgan fingerprint density at radius 1 is 0.978 bits per heavy atom. The van der Waals surface area contributed by atoms with E-state index < -0.39 is 23.7 Å². The molecule has 46 heavy (non-hydrogen) atoms. The van der Waals surface area contributed by atoms with Crippen LogP contribution in [0.15, 0.2) is 30.5 Å². The van der Waals surface area contributed by atoms with Crippen LogP contribution in [0.1, 0.15) is 102 Å². The number of piperazine rings is 1. The van der Waals surface area contributed by atoms with Gasteiger partial charge in [-0.15, -0.1) is 0 Å². The first-order valence-corrected chi connectivity index (χ1v) is 17.0. The normalized spacial score (nSPS) is 18.2. The molecule has 0 spiro atoms. The molecule has 1 aliphatic carbocycles. The van der Waals surface area contributed by atoms with Crippen molar-refractivity contribution >= 4 is 29.2 Å². The molecule has 2 heterocycles. The van der Waals surface area contributed by atoms with E-state index in [1.165, 1.54) is 12.1 Å². The molecule has 1 saturated carbocycles. The summed E-state index contributed by atoms with van der Waals surface area (Å²) in [5.74, 6) is -2.64. The van der Waals surface area contributed by atoms with Gasteiger partial charge in [0.25, 0.3) is 0 Å². The quantitative estimate of drug-likeness (QED) is 0.299. The maximum atomic E-state index is 15.6. The number of hydrogen-bond acceptors (Lipinski definition) is 6. The van der Waals surface area contributed by atoms with Gasteiger partial charge < -0.3 is 15.5 Å². The van der Waals surface area contributed by atoms with Gasteiger partial charge >= 0.3 is 0 Å². The van der Waals surface area contributed by atoms with Gasteiger partial charge in [0.05, 0.1) is 5.69 Å². The predicted octanol–water partition coefficient (Wildman–Crippen LogP) is 5.00. The van der Waals surface area contributed by atoms with Crippen LogP contribution in [-0.4, -0.2) is 81.3 Å². The summed E-state index contributed by atoms with van der Waals surface area (Å²) < 4.78 is 17.3. The van der Waals surface area contributed by atoms with Crippen molar-refractivity contribution in [3.05, 3.63) is 47.5 Å². The van der Waals surface area contributed by atoms with Crippen molar-refractivity contribution in [1.82, 2.24) is 24.9 Å². The van der Waals surface area contributed by atoms with E-state index >= 15 is 4.39 Å². The summed E-state index contributed by atoms with van der Waals surface area (Å²) in [6, 6.07) is 5.74. The fraction of sp³-hybridized carbons (Fsp3) is 0.629. The fourth-order valence-electron chi connectivity index (χ4n) is 6.80. The van der Waals surface area contributed by atoms with E-state index in [2.05, 4.69) is 34.5 Å². The summed E-state index contributed by atoms with van der Waals surface area (Å²) in [6.45, 7) is 12.9. The molecule has 2 aromatic rings. The number of aryl methyl sites for hydroxylation is 1. The molecule has 2 N–H and O–H groups in total. The van der Waals surface area contributed by atoms with Crippen LogP contribution in [0.5, 0.6) is 0 Å². The Bertz CT molecular complexity index is 1360. The van der Waals surface area contributed by atoms with Gasteiger partial charge in [-0.2, -0.15) is 5.10 Å². The van der Waals surface area contributed by atoms with Crippen LogP contribution in [0, 0.1) is 17.7 Å². The van der Waals surface area contributed by atoms with Crippen LogP contribution in [0.4, 0.5) is 10.1 Å². The molecule has 1 aromatic carbocycles. The molecule has 1 aliphatic heterocycles. The smallest absolute Gasteiger partial charge is 0.245 e. The Hall–Kier alpha value is -3.60. The average Bonchev–Trinajstić information content (AvgIpc) is 3.56. The Labute approximate surface area is 272 Å². The minimum Gasteiger partial charge on any atom is -0.344 e. The second kappa shape index (κ2) is 16.3. The van der Waals surface area contributed by atoms with Crippen LogP contribution < -0.4 is 10.6 Å². The molecular weight excluding hydrogens is 587 g/mol. The van der Waals surface area contributed by atoms with Crippen LogP contribution in [0.2, 0.25) is 0 Å². The van der Waals surface area contributed by atoms with Gasteiger partial charge in [-0.3, -0.25) is 28.8 Å². The number of halogens is 1. The van der Waals surface area contributed by atoms with E-state index in [9.17, 15) is 19.2 Å². The zero-order valence-electron chi connectivity index (χ0n) is 28.1. The predicted molar refractivity (Wildman–Crippen MR) is 176 cm³/mol. The summed E-state index contributed by atoms with van der Waals surface area (Å²) in [5, 5.41) is 9.85. The monoisotopic (exact) mass is 638 g/mol. The Kier molecular flexibility index (Phi) is 12.5. The zero-order valence-corrected chi connectivity index (χ0v) is 28.1. The highest BCUT2D eigenvalue weighted by Gasteiger charge is 2.35. The molecule has 0 unspecified atom stereocenters. The molecule has 252 valence electrons. The van der Waals surface area contributed by atoms with Gasteiger partial charge in [-0.05, 0) is 63.3 Å². The summed E-state index contributed by atoms with van der Waals surface area (Å²) in [6.07, 6.45) is 6.64. The number of ketones is 1. The summed E-state index contributed by atoms with van der Waals surface area (Å²) in [7, 11) is 0. The topological polar surface area (TPSA) is 117 Å². The number of rotatable bonds is 13. The molecular formula is C35H51FN6O4. The van der Waals surface area contributed by atoms with E-state index in [4.69, 9.17) is 0 Å². The van der Waals surface area contributed by atoms with Crippen molar-refractivity contribution in [3.63, 3.8) is 0 Å². The van der Waals surface area contributed by atoms with E-state index in [1.54, 1.807) is 34.8 Å². The first-order chi connectivity index (χ1) is 22.0. The van der Waals surface area contributed by atoms with Crippen molar-refractivity contribution in [3.8, 4) is 0 Å². The van der Waals surface area contributed by atoms with E-state index in [1.807, 2.05) is 13.8 Å². The number of amides is 3. The van der Waals surface area contributed by atoms with Gasteiger partial charge in [0.15, 0.2) is 5.78 Å². The molecule has 1 saturated heterocycles. The standard InChI is InChI=1S/C35H51FN6O4/c1-6-32(44)39-33(35(46)41-19-17-40(18-20-41)23(3)4)24(5)26-13-14-29(28(36)21-26)38-34(45)27(25-11-9-8-10-12-25)22-31(43)30-15-16-37-42(30)7-2/h13-16,21,23-25,27,33H,6-12,17-20,22H2,1-5H3,(H,38,45)(H,39,44)/t24-,27-,33+/m0/s1. The molecule has 11 heteroatoms. The molecule has 3 amide bonds. The molecule has 3 atom stereocenters. The first kappa shape index (κ1) is 35.3. The second-order valence-electron chi connectivity index (χ2n) is 13.0. The third-order valence-corrected chi connectivity index (χ3v) is 9.80. The third-order valence-electron chi connectivity index (χ3n) is 9.80. The van der Waals surface area contributed by atoms with E-state index in [-0.39, 0.29) is 48.0 Å². The van der Waals surface area contributed by atoms with Crippen molar-refractivity contribution < 1.29 is 23.6 Å². The minimum absolute atomic E-state index is 0.0260. The SMILES string of the molecule is CCC(=O)N[C@@H](C(=O)N1CCN(C(C)C)CC1)[C@@H](C)c1ccc(NC(=O)[C@@H](CC(=O)c2ccnn2CC)C2CCCCC2)c(F)c1. The summed E-state index contributed by atoms with van der Waals surface area (Å²) >= 11 is 0. The lowest BCUT2D eigenvalue weighted by atomic mass is 9.77. The van der Waals surface area contributed by atoms with Gasteiger partial charge in [0, 0.05) is 69.6 Å². The Morgan fingerprint density at radius 3 is 2.28 bits per heavy atom. The lowest BCUT2D eigenvalue weighted by molar-refractivity contribution is -0.138. The van der Waals surface area contributed by atoms with Crippen molar-refractivity contribution in [2.45, 2.75) is 104 Å². The first-order valence-electron chi connectivity index (χ1n) is 17.0. The van der Waals surface area contributed by atoms with Gasteiger partial charge in [-0.25, -0.2) is 4.39 Å². The highest BCUT2D eigenvalue weighted by molar-refractivity contribution is 6.00. The summed E-state index contributed by atoms with van der Waals surface area (Å²) in [5.41, 5.74) is 1.04. The highest BCUT2D eigenvalue weighted by Crippen LogP contribution is 2.34. The van der Waals surface area contributed by atoms with Gasteiger partial charge in [0.2, 0.25) is 17.7 Å². The van der Waals surface area contributed by atoms with Crippen molar-refractivity contribution in [1.29, 1.82) is 0 Å². The van der Waals surface area contributed by atoms with Crippen LogP contribution in [0.25, 0.3) is 0 Å². The Morgan fingerprint density at radius 2 is 1.67 bits per heavy atom. The Balaban J connectivity index is 1.50. The van der Waals surface area contributed by atoms with Crippen LogP contribution in [0.3, 0.4) is 0 Å². The number of carbonyl (C=O) groups is 4. The number of nitrogens with one attached hydrogen (secondary N) is 2. The van der Waals surface area contributed by atoms with Crippen LogP contribution >= 0.6 is 0 Å². The average molecular weight is 639 g/mol. The minimum atomic E-state index is -0.851. The van der Waals surface area contributed by atoms with E-state index in [0.717, 1.165) is 45.2 Å². The number of benzene rings is 1. The van der Waals surface area contributed by atoms with E-state index in [0.29, 0.717) is 36.9 Å². The maximum Gasteiger partial charge on any atom is 0.245 e. The second-order valence-corrected chi connectivity index (χ2v) is 13.0. The number of carbonyl (C=O) groups excluding carboxylic acids is 4. The third kappa shape index (κ3) is 8.60. The van der Waals surface area contributed by atoms with Crippen molar-refractivity contribution in [2.75, 3.05) is 31.5 Å². The van der Waals surface area contributed by atoms with Gasteiger partial charge in [0.1, 0.15) is 17.6 Å². The van der Waals surface area contributed by atoms with Gasteiger partial charge in [-0.1, -0.05) is 39.2 Å². The molecule has 4 rings (SSSR count). The molecule has 0 bridgehead atoms. The van der Waals surface area contributed by atoms with Crippen molar-refractivity contribution in [2.24, 2.45) is 11.8 Å². The number of hydrogen-bond donors (Lipinski definition) is 2. The highest BCUT2D eigenvalue weighted by atomic mass is 19.1. The zero-order chi connectivity index (χ0) is 33.4. The number of Topliss-reactive ketones (excluding diaryl/α,β-unsaturated/α-hetero) is 1. The lowest BCUT2D eigenvalue weighted by Gasteiger charge is -2.39. The number of nitrogens with zero attached hydrogens (tertiary/aromatic N) is 4.